The molecule has 0 heterocycles. The van der Waals surface area contributed by atoms with E-state index in [2.05, 4.69) is 6.58 Å². The molecule has 2 radical (unpaired) electrons. The zero-order chi connectivity index (χ0) is 7.56. The minimum absolute atomic E-state index is 0.212. The molecule has 0 bridgehead atoms. The van der Waals surface area contributed by atoms with Crippen LogP contribution in [0.1, 0.15) is 11.1 Å². The van der Waals surface area contributed by atoms with Crippen LogP contribution in [0.25, 0.3) is 6.08 Å². The Morgan fingerprint density at radius 3 is 2.70 bits per heavy atom. The van der Waals surface area contributed by atoms with Gasteiger partial charge >= 0.3 is 0 Å². The van der Waals surface area contributed by atoms with E-state index in [9.17, 15) is 0 Å². The van der Waals surface area contributed by atoms with E-state index in [1.54, 1.807) is 24.3 Å². The van der Waals surface area contributed by atoms with Crippen molar-refractivity contribution in [2.45, 2.75) is 0 Å². The Balaban J connectivity index is 3.21. The zero-order valence-electron chi connectivity index (χ0n) is 5.54. The van der Waals surface area contributed by atoms with Crippen LogP contribution < -0.4 is 0 Å². The summed E-state index contributed by atoms with van der Waals surface area (Å²) in [5.74, 6) is 0.212. The lowest BCUT2D eigenvalue weighted by Crippen LogP contribution is -1.77. The van der Waals surface area contributed by atoms with Crippen molar-refractivity contribution < 1.29 is 5.11 Å². The van der Waals surface area contributed by atoms with Crippen LogP contribution in [0.3, 0.4) is 0 Å². The van der Waals surface area contributed by atoms with Crippen LogP contribution in [0, 0.1) is 6.92 Å². The Hall–Kier alpha value is -1.24. The molecule has 0 saturated carbocycles. The highest BCUT2D eigenvalue weighted by Crippen LogP contribution is 2.15. The van der Waals surface area contributed by atoms with Crippen molar-refractivity contribution in [3.8, 4) is 5.75 Å². The second kappa shape index (κ2) is 2.56. The molecule has 50 valence electrons. The summed E-state index contributed by atoms with van der Waals surface area (Å²) in [5, 5.41) is 8.97. The Morgan fingerprint density at radius 1 is 1.50 bits per heavy atom. The molecule has 0 unspecified atom stereocenters. The summed E-state index contributed by atoms with van der Waals surface area (Å²) in [6.07, 6.45) is 1.61. The molecule has 0 aliphatic heterocycles. The van der Waals surface area contributed by atoms with Crippen LogP contribution in [0.2, 0.25) is 0 Å². The van der Waals surface area contributed by atoms with E-state index in [0.29, 0.717) is 5.56 Å². The first-order valence-electron chi connectivity index (χ1n) is 2.95. The highest BCUT2D eigenvalue weighted by atomic mass is 16.3. The van der Waals surface area contributed by atoms with Crippen molar-refractivity contribution in [1.82, 2.24) is 0 Å². The molecule has 0 atom stereocenters. The molecular weight excluding hydrogens is 124 g/mol. The van der Waals surface area contributed by atoms with Crippen molar-refractivity contribution in [3.63, 3.8) is 0 Å². The van der Waals surface area contributed by atoms with Crippen molar-refractivity contribution in [1.29, 1.82) is 0 Å². The van der Waals surface area contributed by atoms with Crippen LogP contribution in [-0.2, 0) is 0 Å². The lowest BCUT2D eigenvalue weighted by atomic mass is 10.1. The van der Waals surface area contributed by atoms with Gasteiger partial charge in [-0.05, 0) is 30.2 Å². The third-order valence-corrected chi connectivity index (χ3v) is 1.29. The van der Waals surface area contributed by atoms with Crippen LogP contribution in [0.15, 0.2) is 24.8 Å². The van der Waals surface area contributed by atoms with Gasteiger partial charge in [-0.2, -0.15) is 0 Å². The van der Waals surface area contributed by atoms with Gasteiger partial charge in [0.2, 0.25) is 0 Å². The average molecular weight is 132 g/mol. The molecule has 0 aliphatic rings. The normalized spacial score (nSPS) is 9.30. The fourth-order valence-electron chi connectivity index (χ4n) is 0.739. The molecular formula is C9H8O. The first-order chi connectivity index (χ1) is 4.74. The van der Waals surface area contributed by atoms with Gasteiger partial charge < -0.3 is 5.11 Å². The summed E-state index contributed by atoms with van der Waals surface area (Å²) in [4.78, 5) is 0. The predicted molar refractivity (Wildman–Crippen MR) is 41.6 cm³/mol. The second-order valence-corrected chi connectivity index (χ2v) is 2.02. The van der Waals surface area contributed by atoms with E-state index in [1.807, 2.05) is 0 Å². The largest absolute Gasteiger partial charge is 0.508 e. The van der Waals surface area contributed by atoms with Gasteiger partial charge in [0, 0.05) is 0 Å². The number of hydrogen-bond donors (Lipinski definition) is 1. The third-order valence-electron chi connectivity index (χ3n) is 1.29. The van der Waals surface area contributed by atoms with Crippen LogP contribution in [0.4, 0.5) is 0 Å². The zero-order valence-corrected chi connectivity index (χ0v) is 5.54. The summed E-state index contributed by atoms with van der Waals surface area (Å²) in [6.45, 7) is 9.06. The van der Waals surface area contributed by atoms with Gasteiger partial charge in [0.05, 0.1) is 0 Å². The Bertz CT molecular complexity index is 251. The summed E-state index contributed by atoms with van der Waals surface area (Å²) < 4.78 is 0. The third kappa shape index (κ3) is 1.18. The standard InChI is InChI=1S/C9H8O/c1-3-8-6-9(10)5-4-7(8)2/h2-6,10H,1H2. The molecule has 10 heavy (non-hydrogen) atoms. The average Bonchev–Trinajstić information content (AvgIpc) is 1.94. The maximum Gasteiger partial charge on any atom is 0.116 e. The molecule has 1 rings (SSSR count). The van der Waals surface area contributed by atoms with E-state index in [1.165, 1.54) is 0 Å². The van der Waals surface area contributed by atoms with Crippen molar-refractivity contribution in [2.24, 2.45) is 0 Å². The van der Waals surface area contributed by atoms with E-state index >= 15 is 0 Å². The Kier molecular flexibility index (Phi) is 1.76. The first kappa shape index (κ1) is 6.87. The van der Waals surface area contributed by atoms with Gasteiger partial charge in [0.1, 0.15) is 5.75 Å². The van der Waals surface area contributed by atoms with Crippen LogP contribution >= 0.6 is 0 Å². The molecule has 1 aromatic rings. The molecule has 0 spiro atoms. The first-order valence-corrected chi connectivity index (χ1v) is 2.95. The van der Waals surface area contributed by atoms with E-state index in [0.717, 1.165) is 5.56 Å². The number of hydrogen-bond acceptors (Lipinski definition) is 1. The number of rotatable bonds is 1. The van der Waals surface area contributed by atoms with Gasteiger partial charge in [0.15, 0.2) is 0 Å². The molecule has 0 fully saturated rings. The predicted octanol–water partition coefficient (Wildman–Crippen LogP) is 2.09. The highest BCUT2D eigenvalue weighted by molar-refractivity contribution is 5.55. The van der Waals surface area contributed by atoms with Gasteiger partial charge in [-0.3, -0.25) is 0 Å². The Morgan fingerprint density at radius 2 is 2.20 bits per heavy atom. The van der Waals surface area contributed by atoms with Gasteiger partial charge in [-0.1, -0.05) is 18.7 Å². The fraction of sp³-hybridized carbons (Fsp3) is 0. The van der Waals surface area contributed by atoms with Gasteiger partial charge in [-0.25, -0.2) is 0 Å². The molecule has 0 aliphatic carbocycles. The van der Waals surface area contributed by atoms with Crippen LogP contribution in [-0.4, -0.2) is 5.11 Å². The van der Waals surface area contributed by atoms with Gasteiger partial charge in [0.25, 0.3) is 0 Å². The minimum atomic E-state index is 0.212. The minimum Gasteiger partial charge on any atom is -0.508 e. The van der Waals surface area contributed by atoms with Crippen molar-refractivity contribution >= 4 is 6.08 Å². The molecule has 0 aromatic heterocycles. The molecule has 1 N–H and O–H groups in total. The number of phenolic OH excluding ortho intramolecular Hbond substituents is 1. The molecule has 0 saturated heterocycles. The molecule has 1 aromatic carbocycles. The van der Waals surface area contributed by atoms with Crippen molar-refractivity contribution in [3.05, 3.63) is 42.8 Å². The summed E-state index contributed by atoms with van der Waals surface area (Å²) in [7, 11) is 0. The Labute approximate surface area is 60.6 Å². The number of aromatic hydroxyl groups is 1. The molecule has 1 nitrogen and oxygen atoms in total. The number of benzene rings is 1. The maximum absolute atomic E-state index is 8.97. The van der Waals surface area contributed by atoms with E-state index in [-0.39, 0.29) is 5.75 Å². The van der Waals surface area contributed by atoms with Gasteiger partial charge in [-0.15, -0.1) is 0 Å². The highest BCUT2D eigenvalue weighted by Gasteiger charge is 1.93. The lowest BCUT2D eigenvalue weighted by Gasteiger charge is -1.98. The molecule has 1 heteroatoms. The summed E-state index contributed by atoms with van der Waals surface area (Å²) in [5.41, 5.74) is 1.40. The molecule has 0 amide bonds. The summed E-state index contributed by atoms with van der Waals surface area (Å²) in [6, 6.07) is 4.76. The maximum atomic E-state index is 8.97. The monoisotopic (exact) mass is 132 g/mol. The lowest BCUT2D eigenvalue weighted by molar-refractivity contribution is 0.475. The number of phenols is 1. The SMILES string of the molecule is [CH]c1ccc(O)cc1C=C. The second-order valence-electron chi connectivity index (χ2n) is 2.02. The van der Waals surface area contributed by atoms with Crippen LogP contribution in [0.5, 0.6) is 5.75 Å². The summed E-state index contributed by atoms with van der Waals surface area (Å²) >= 11 is 0. The van der Waals surface area contributed by atoms with E-state index < -0.39 is 0 Å². The quantitative estimate of drug-likeness (QED) is 0.620. The topological polar surface area (TPSA) is 20.2 Å². The van der Waals surface area contributed by atoms with E-state index in [4.69, 9.17) is 12.0 Å². The van der Waals surface area contributed by atoms with Crippen molar-refractivity contribution in [2.75, 3.05) is 0 Å². The fourth-order valence-corrected chi connectivity index (χ4v) is 0.739. The smallest absolute Gasteiger partial charge is 0.116 e.